The number of nitrogens with zero attached hydrogens (tertiary/aromatic N) is 1. The fraction of sp³-hybridized carbons (Fsp3) is 0.571. The number of nitrogens with two attached hydrogens (primary N) is 1. The summed E-state index contributed by atoms with van der Waals surface area (Å²) in [4.78, 5) is 2.05. The summed E-state index contributed by atoms with van der Waals surface area (Å²) in [7, 11) is 5.38. The van der Waals surface area contributed by atoms with E-state index in [1.807, 2.05) is 14.1 Å². The van der Waals surface area contributed by atoms with Crippen LogP contribution in [0.1, 0.15) is 31.9 Å². The van der Waals surface area contributed by atoms with Crippen LogP contribution in [0, 0.1) is 5.82 Å². The van der Waals surface area contributed by atoms with Crippen LogP contribution in [-0.4, -0.2) is 31.6 Å². The highest BCUT2D eigenvalue weighted by atomic mass is 19.1. The third-order valence-corrected chi connectivity index (χ3v) is 4.05. The Morgan fingerprint density at radius 3 is 2.53 bits per heavy atom. The minimum Gasteiger partial charge on any atom is -0.494 e. The number of likely N-dealkylation sites (N-methyl/N-ethyl adjacent to an activating group) is 1. The van der Waals surface area contributed by atoms with E-state index in [0.717, 1.165) is 6.42 Å². The highest BCUT2D eigenvalue weighted by Gasteiger charge is 2.37. The van der Waals surface area contributed by atoms with Crippen molar-refractivity contribution in [2.24, 2.45) is 5.84 Å². The molecule has 4 nitrogen and oxygen atoms in total. The van der Waals surface area contributed by atoms with Gasteiger partial charge in [-0.3, -0.25) is 11.3 Å². The van der Waals surface area contributed by atoms with E-state index in [1.165, 1.54) is 7.11 Å². The summed E-state index contributed by atoms with van der Waals surface area (Å²) in [6.07, 6.45) is 0.825. The highest BCUT2D eigenvalue weighted by Crippen LogP contribution is 2.35. The lowest BCUT2D eigenvalue weighted by molar-refractivity contribution is 0.111. The van der Waals surface area contributed by atoms with Crippen molar-refractivity contribution < 1.29 is 9.13 Å². The first kappa shape index (κ1) is 15.9. The van der Waals surface area contributed by atoms with E-state index in [9.17, 15) is 4.39 Å². The molecule has 0 bridgehead atoms. The molecule has 0 amide bonds. The molecule has 1 aromatic rings. The quantitative estimate of drug-likeness (QED) is 0.613. The summed E-state index contributed by atoms with van der Waals surface area (Å²) in [6, 6.07) is 4.78. The summed E-state index contributed by atoms with van der Waals surface area (Å²) in [5.41, 5.74) is 2.96. The van der Waals surface area contributed by atoms with Gasteiger partial charge in [0.05, 0.1) is 13.2 Å². The third kappa shape index (κ3) is 2.88. The highest BCUT2D eigenvalue weighted by molar-refractivity contribution is 5.34. The Labute approximate surface area is 114 Å². The van der Waals surface area contributed by atoms with E-state index >= 15 is 0 Å². The van der Waals surface area contributed by atoms with E-state index < -0.39 is 0 Å². The Balaban J connectivity index is 3.31. The minimum atomic E-state index is -0.366. The number of rotatable bonds is 6. The van der Waals surface area contributed by atoms with Crippen LogP contribution < -0.4 is 16.0 Å². The molecule has 3 N–H and O–H groups in total. The van der Waals surface area contributed by atoms with E-state index in [1.54, 1.807) is 18.2 Å². The van der Waals surface area contributed by atoms with Crippen molar-refractivity contribution in [3.05, 3.63) is 29.6 Å². The molecule has 5 heteroatoms. The maximum atomic E-state index is 14.4. The van der Waals surface area contributed by atoms with Crippen molar-refractivity contribution in [3.8, 4) is 5.75 Å². The molecular formula is C14H24FN3O. The molecular weight excluding hydrogens is 245 g/mol. The number of ether oxygens (including phenoxy) is 1. The first-order valence-electron chi connectivity index (χ1n) is 6.38. The van der Waals surface area contributed by atoms with E-state index in [-0.39, 0.29) is 23.1 Å². The molecule has 2 atom stereocenters. The van der Waals surface area contributed by atoms with Crippen molar-refractivity contribution >= 4 is 0 Å². The predicted octanol–water partition coefficient (Wildman–Crippen LogP) is 2.07. The minimum absolute atomic E-state index is 0.231. The van der Waals surface area contributed by atoms with Crippen LogP contribution in [0.4, 0.5) is 4.39 Å². The molecule has 0 saturated heterocycles. The number of halogens is 1. The zero-order chi connectivity index (χ0) is 14.6. The molecule has 19 heavy (non-hydrogen) atoms. The molecule has 2 unspecified atom stereocenters. The number of benzene rings is 1. The average molecular weight is 269 g/mol. The van der Waals surface area contributed by atoms with E-state index in [2.05, 4.69) is 24.2 Å². The fourth-order valence-corrected chi connectivity index (χ4v) is 2.29. The number of nitrogens with one attached hydrogen (secondary N) is 1. The van der Waals surface area contributed by atoms with Gasteiger partial charge in [0, 0.05) is 11.1 Å². The number of hydrazine groups is 1. The molecule has 0 aliphatic heterocycles. The van der Waals surface area contributed by atoms with Crippen LogP contribution in [0.5, 0.6) is 5.75 Å². The second-order valence-electron chi connectivity index (χ2n) is 5.07. The topological polar surface area (TPSA) is 50.5 Å². The third-order valence-electron chi connectivity index (χ3n) is 4.05. The molecule has 1 aromatic carbocycles. The van der Waals surface area contributed by atoms with Crippen LogP contribution in [0.2, 0.25) is 0 Å². The molecule has 0 radical (unpaired) electrons. The normalized spacial score (nSPS) is 16.2. The van der Waals surface area contributed by atoms with Gasteiger partial charge in [-0.1, -0.05) is 19.1 Å². The summed E-state index contributed by atoms with van der Waals surface area (Å²) < 4.78 is 19.4. The maximum absolute atomic E-state index is 14.4. The Kier molecular flexibility index (Phi) is 5.29. The van der Waals surface area contributed by atoms with Gasteiger partial charge in [-0.15, -0.1) is 0 Å². The predicted molar refractivity (Wildman–Crippen MR) is 75.4 cm³/mol. The molecule has 108 valence electrons. The van der Waals surface area contributed by atoms with Gasteiger partial charge in [0.1, 0.15) is 0 Å². The molecule has 0 spiro atoms. The smallest absolute Gasteiger partial charge is 0.169 e. The summed E-state index contributed by atoms with van der Waals surface area (Å²) >= 11 is 0. The van der Waals surface area contributed by atoms with Gasteiger partial charge in [-0.25, -0.2) is 4.39 Å². The largest absolute Gasteiger partial charge is 0.494 e. The molecule has 0 fully saturated rings. The molecule has 1 rings (SSSR count). The Morgan fingerprint density at radius 2 is 2.11 bits per heavy atom. The summed E-state index contributed by atoms with van der Waals surface area (Å²) in [5, 5.41) is 0. The monoisotopic (exact) mass is 269 g/mol. The summed E-state index contributed by atoms with van der Waals surface area (Å²) in [6.45, 7) is 4.11. The second kappa shape index (κ2) is 6.32. The average Bonchev–Trinajstić information content (AvgIpc) is 2.40. The number of hydrogen-bond donors (Lipinski definition) is 2. The number of hydrogen-bond acceptors (Lipinski definition) is 4. The van der Waals surface area contributed by atoms with Gasteiger partial charge in [0.2, 0.25) is 0 Å². The molecule has 0 aliphatic carbocycles. The lowest BCUT2D eigenvalue weighted by Crippen LogP contribution is -2.53. The van der Waals surface area contributed by atoms with E-state index in [0.29, 0.717) is 5.56 Å². The fourth-order valence-electron chi connectivity index (χ4n) is 2.29. The summed E-state index contributed by atoms with van der Waals surface area (Å²) in [5.74, 6) is 5.55. The maximum Gasteiger partial charge on any atom is 0.169 e. The first-order chi connectivity index (χ1) is 8.92. The zero-order valence-corrected chi connectivity index (χ0v) is 12.3. The zero-order valence-electron chi connectivity index (χ0n) is 12.3. The van der Waals surface area contributed by atoms with Gasteiger partial charge in [-0.05, 0) is 33.5 Å². The van der Waals surface area contributed by atoms with Crippen LogP contribution in [0.25, 0.3) is 0 Å². The SMILES string of the molecule is CCC(C)(C(NN)c1cccc(OC)c1F)N(C)C. The number of methoxy groups -OCH3 is 1. The Hall–Kier alpha value is -1.17. The molecule has 0 heterocycles. The molecule has 0 aromatic heterocycles. The van der Waals surface area contributed by atoms with Gasteiger partial charge < -0.3 is 9.64 Å². The van der Waals surface area contributed by atoms with Gasteiger partial charge >= 0.3 is 0 Å². The van der Waals surface area contributed by atoms with Gasteiger partial charge in [-0.2, -0.15) is 0 Å². The van der Waals surface area contributed by atoms with Crippen LogP contribution in [-0.2, 0) is 0 Å². The van der Waals surface area contributed by atoms with Crippen LogP contribution in [0.3, 0.4) is 0 Å². The Bertz CT molecular complexity index is 425. The lowest BCUT2D eigenvalue weighted by Gasteiger charge is -2.42. The van der Waals surface area contributed by atoms with Gasteiger partial charge in [0.15, 0.2) is 11.6 Å². The molecule has 0 saturated carbocycles. The van der Waals surface area contributed by atoms with Crippen molar-refractivity contribution in [1.82, 2.24) is 10.3 Å². The first-order valence-corrected chi connectivity index (χ1v) is 6.38. The van der Waals surface area contributed by atoms with Crippen molar-refractivity contribution in [2.45, 2.75) is 31.8 Å². The Morgan fingerprint density at radius 1 is 1.47 bits per heavy atom. The standard InChI is InChI=1S/C14H24FN3O/c1-6-14(2,18(3)4)13(17-16)10-8-7-9-11(19-5)12(10)15/h7-9,13,17H,6,16H2,1-5H3. The van der Waals surface area contributed by atoms with Crippen LogP contribution >= 0.6 is 0 Å². The lowest BCUT2D eigenvalue weighted by atomic mass is 9.83. The van der Waals surface area contributed by atoms with Crippen molar-refractivity contribution in [3.63, 3.8) is 0 Å². The second-order valence-corrected chi connectivity index (χ2v) is 5.07. The van der Waals surface area contributed by atoms with Crippen molar-refractivity contribution in [2.75, 3.05) is 21.2 Å². The van der Waals surface area contributed by atoms with Gasteiger partial charge in [0.25, 0.3) is 0 Å². The van der Waals surface area contributed by atoms with Crippen molar-refractivity contribution in [1.29, 1.82) is 0 Å². The van der Waals surface area contributed by atoms with E-state index in [4.69, 9.17) is 10.6 Å². The molecule has 0 aliphatic rings. The van der Waals surface area contributed by atoms with Crippen LogP contribution in [0.15, 0.2) is 18.2 Å².